The predicted molar refractivity (Wildman–Crippen MR) is 159 cm³/mol. The van der Waals surface area contributed by atoms with E-state index in [-0.39, 0.29) is 51.6 Å². The zero-order valence-corrected chi connectivity index (χ0v) is 26.6. The lowest BCUT2D eigenvalue weighted by Crippen LogP contribution is -2.69. The standard InChI is InChI=1S/C35H51NO6/c1-30-13-14-31(2,28(39)40)20-23(30)22-19-24(38)27-32(3)11-8-26(36-17-9-21(37)10-18-36)35(6,29(41)42)25(32)7-12-34(27,5)33(22,4)16-15-30/h19,23,25-27H,7-18,20H2,1-6H3,(H,39,40)(H,41,42)/t23-,25+,26-,27+,30+,31-,32-,33+,34+,35-/m0/s1. The smallest absolute Gasteiger partial charge is 0.311 e. The lowest BCUT2D eigenvalue weighted by molar-refractivity contribution is -0.209. The second kappa shape index (κ2) is 9.25. The first-order chi connectivity index (χ1) is 19.5. The quantitative estimate of drug-likeness (QED) is 0.411. The number of nitrogens with zero attached hydrogens (tertiary/aromatic N) is 1. The molecule has 5 fully saturated rings. The van der Waals surface area contributed by atoms with Crippen LogP contribution in [0.5, 0.6) is 0 Å². The molecule has 2 N–H and O–H groups in total. The number of carboxylic acids is 2. The third-order valence-corrected chi connectivity index (χ3v) is 15.0. The van der Waals surface area contributed by atoms with Crippen molar-refractivity contribution in [3.63, 3.8) is 0 Å². The molecule has 1 saturated heterocycles. The zero-order chi connectivity index (χ0) is 30.7. The average Bonchev–Trinajstić information content (AvgIpc) is 2.91. The van der Waals surface area contributed by atoms with Gasteiger partial charge in [0.05, 0.1) is 10.8 Å². The van der Waals surface area contributed by atoms with Crippen LogP contribution in [-0.4, -0.2) is 57.7 Å². The number of carbonyl (C=O) groups is 4. The molecule has 1 heterocycles. The normalized spacial score (nSPS) is 51.0. The Morgan fingerprint density at radius 2 is 1.48 bits per heavy atom. The summed E-state index contributed by atoms with van der Waals surface area (Å²) >= 11 is 0. The summed E-state index contributed by atoms with van der Waals surface area (Å²) in [5.41, 5.74) is -1.60. The SMILES string of the molecule is C[C@]1(C(=O)O)CC[C@]2(C)CC[C@]3(C)C(=CC(=O)[C@@H]4[C@@]5(C)CC[C@H](N6CCC(=O)CC6)[C@@](C)(C(=O)O)[C@@H]5CC[C@]43C)[C@@H]2C1. The van der Waals surface area contributed by atoms with Gasteiger partial charge < -0.3 is 10.2 Å². The van der Waals surface area contributed by atoms with E-state index in [1.807, 2.05) is 19.9 Å². The molecule has 5 aliphatic carbocycles. The first kappa shape index (κ1) is 30.0. The predicted octanol–water partition coefficient (Wildman–Crippen LogP) is 6.15. The van der Waals surface area contributed by atoms with Crippen LogP contribution in [0.2, 0.25) is 0 Å². The number of aliphatic carboxylic acids is 2. The largest absolute Gasteiger partial charge is 0.481 e. The molecule has 7 heteroatoms. The van der Waals surface area contributed by atoms with Crippen LogP contribution in [0.1, 0.15) is 112 Å². The summed E-state index contributed by atoms with van der Waals surface area (Å²) in [5.74, 6) is -1.46. The summed E-state index contributed by atoms with van der Waals surface area (Å²) < 4.78 is 0. The highest BCUT2D eigenvalue weighted by Crippen LogP contribution is 2.75. The topological polar surface area (TPSA) is 112 Å². The van der Waals surface area contributed by atoms with E-state index in [0.29, 0.717) is 38.8 Å². The molecule has 0 spiro atoms. The van der Waals surface area contributed by atoms with Gasteiger partial charge in [-0.15, -0.1) is 0 Å². The van der Waals surface area contributed by atoms with Crippen molar-refractivity contribution in [1.29, 1.82) is 0 Å². The molecule has 0 bridgehead atoms. The average molecular weight is 582 g/mol. The highest BCUT2D eigenvalue weighted by Gasteiger charge is 2.72. The Morgan fingerprint density at radius 1 is 0.833 bits per heavy atom. The Hall–Kier alpha value is -2.02. The zero-order valence-electron chi connectivity index (χ0n) is 26.6. The van der Waals surface area contributed by atoms with Gasteiger partial charge in [-0.2, -0.15) is 0 Å². The van der Waals surface area contributed by atoms with Gasteiger partial charge in [0, 0.05) is 37.9 Å². The summed E-state index contributed by atoms with van der Waals surface area (Å²) in [7, 11) is 0. The number of carboxylic acid groups (broad SMARTS) is 2. The molecule has 0 radical (unpaired) electrons. The Labute approximate surface area is 250 Å². The van der Waals surface area contributed by atoms with Crippen LogP contribution in [0.15, 0.2) is 11.6 Å². The Balaban J connectivity index is 1.41. The summed E-state index contributed by atoms with van der Waals surface area (Å²) in [6.07, 6.45) is 10.1. The number of rotatable bonds is 3. The molecule has 232 valence electrons. The van der Waals surface area contributed by atoms with Crippen LogP contribution in [0.25, 0.3) is 0 Å². The van der Waals surface area contributed by atoms with Gasteiger partial charge in [0.25, 0.3) is 0 Å². The van der Waals surface area contributed by atoms with Crippen molar-refractivity contribution >= 4 is 23.5 Å². The van der Waals surface area contributed by atoms with Crippen LogP contribution in [0, 0.1) is 50.2 Å². The fourth-order valence-electron chi connectivity index (χ4n) is 12.0. The number of fused-ring (bicyclic) bond motifs is 7. The van der Waals surface area contributed by atoms with Gasteiger partial charge in [-0.25, -0.2) is 0 Å². The van der Waals surface area contributed by atoms with E-state index < -0.39 is 28.2 Å². The van der Waals surface area contributed by atoms with E-state index in [1.165, 1.54) is 5.57 Å². The van der Waals surface area contributed by atoms with E-state index in [2.05, 4.69) is 32.6 Å². The van der Waals surface area contributed by atoms with Crippen molar-refractivity contribution in [2.24, 2.45) is 50.2 Å². The van der Waals surface area contributed by atoms with Gasteiger partial charge in [-0.1, -0.05) is 33.3 Å². The molecule has 1 aliphatic heterocycles. The van der Waals surface area contributed by atoms with E-state index in [0.717, 1.165) is 44.9 Å². The molecule has 4 saturated carbocycles. The molecule has 0 aromatic carbocycles. The first-order valence-corrected chi connectivity index (χ1v) is 16.4. The van der Waals surface area contributed by atoms with Crippen LogP contribution in [-0.2, 0) is 19.2 Å². The van der Waals surface area contributed by atoms with Crippen molar-refractivity contribution in [2.45, 2.75) is 118 Å². The molecule has 6 aliphatic rings. The molecule has 0 aromatic heterocycles. The number of hydrogen-bond donors (Lipinski definition) is 2. The summed E-state index contributed by atoms with van der Waals surface area (Å²) in [5, 5.41) is 21.0. The second-order valence-corrected chi connectivity index (χ2v) is 16.8. The highest BCUT2D eigenvalue weighted by molar-refractivity contribution is 5.96. The van der Waals surface area contributed by atoms with Crippen LogP contribution in [0.4, 0.5) is 0 Å². The van der Waals surface area contributed by atoms with Gasteiger partial charge in [0.15, 0.2) is 5.78 Å². The fraction of sp³-hybridized carbons (Fsp3) is 0.829. The molecule has 10 atom stereocenters. The minimum absolute atomic E-state index is 0.000644. The minimum Gasteiger partial charge on any atom is -0.481 e. The number of piperidine rings is 1. The number of Topliss-reactive ketones (excluding diaryl/α,β-unsaturated/α-hetero) is 1. The van der Waals surface area contributed by atoms with Crippen LogP contribution >= 0.6 is 0 Å². The van der Waals surface area contributed by atoms with E-state index in [9.17, 15) is 29.4 Å². The number of hydrogen-bond acceptors (Lipinski definition) is 5. The van der Waals surface area contributed by atoms with Crippen molar-refractivity contribution < 1.29 is 29.4 Å². The van der Waals surface area contributed by atoms with E-state index in [1.54, 1.807) is 0 Å². The number of allylic oxidation sites excluding steroid dienone is 2. The first-order valence-electron chi connectivity index (χ1n) is 16.4. The molecule has 0 aromatic rings. The van der Waals surface area contributed by atoms with E-state index in [4.69, 9.17) is 0 Å². The van der Waals surface area contributed by atoms with Crippen LogP contribution < -0.4 is 0 Å². The Kier molecular flexibility index (Phi) is 6.61. The van der Waals surface area contributed by atoms with Gasteiger partial charge in [0.2, 0.25) is 0 Å². The lowest BCUT2D eigenvalue weighted by Gasteiger charge is -2.70. The molecule has 0 amide bonds. The number of likely N-dealkylation sites (tertiary alicyclic amines) is 1. The maximum Gasteiger partial charge on any atom is 0.311 e. The fourth-order valence-corrected chi connectivity index (χ4v) is 12.0. The third-order valence-electron chi connectivity index (χ3n) is 15.0. The maximum atomic E-state index is 14.6. The molecule has 42 heavy (non-hydrogen) atoms. The van der Waals surface area contributed by atoms with Crippen molar-refractivity contribution in [2.75, 3.05) is 13.1 Å². The van der Waals surface area contributed by atoms with Crippen molar-refractivity contribution in [1.82, 2.24) is 4.90 Å². The van der Waals surface area contributed by atoms with Gasteiger partial charge in [0.1, 0.15) is 5.78 Å². The summed E-state index contributed by atoms with van der Waals surface area (Å²) in [6, 6.07) is -0.141. The van der Waals surface area contributed by atoms with Gasteiger partial charge in [-0.3, -0.25) is 24.1 Å². The maximum absolute atomic E-state index is 14.6. The monoisotopic (exact) mass is 581 g/mol. The Morgan fingerprint density at radius 3 is 2.10 bits per heavy atom. The molecular formula is C35H51NO6. The summed E-state index contributed by atoms with van der Waals surface area (Å²) in [4.78, 5) is 54.5. The highest BCUT2D eigenvalue weighted by atomic mass is 16.4. The second-order valence-electron chi connectivity index (χ2n) is 16.8. The molecule has 7 nitrogen and oxygen atoms in total. The molecular weight excluding hydrogens is 530 g/mol. The summed E-state index contributed by atoms with van der Waals surface area (Å²) in [6.45, 7) is 14.2. The lowest BCUT2D eigenvalue weighted by atomic mass is 9.33. The van der Waals surface area contributed by atoms with Gasteiger partial charge in [-0.05, 0) is 111 Å². The van der Waals surface area contributed by atoms with Crippen molar-refractivity contribution in [3.8, 4) is 0 Å². The minimum atomic E-state index is -1.00. The van der Waals surface area contributed by atoms with Crippen LogP contribution in [0.3, 0.4) is 0 Å². The van der Waals surface area contributed by atoms with Crippen molar-refractivity contribution in [3.05, 3.63) is 11.6 Å². The number of ketones is 2. The van der Waals surface area contributed by atoms with E-state index >= 15 is 0 Å². The van der Waals surface area contributed by atoms with Gasteiger partial charge >= 0.3 is 11.9 Å². The third kappa shape index (κ3) is 3.73. The number of carbonyl (C=O) groups excluding carboxylic acids is 2. The molecule has 0 unspecified atom stereocenters. The Bertz CT molecular complexity index is 1260. The molecule has 6 rings (SSSR count).